The van der Waals surface area contributed by atoms with Crippen LogP contribution < -0.4 is 10.5 Å². The summed E-state index contributed by atoms with van der Waals surface area (Å²) in [6, 6.07) is 7.55. The van der Waals surface area contributed by atoms with Gasteiger partial charge in [-0.25, -0.2) is 0 Å². The highest BCUT2D eigenvalue weighted by Crippen LogP contribution is 2.35. The second kappa shape index (κ2) is 5.04. The second-order valence-corrected chi connectivity index (χ2v) is 4.08. The number of nitrogens with two attached hydrogens (primary N) is 1. The van der Waals surface area contributed by atoms with Gasteiger partial charge in [0, 0.05) is 0 Å². The summed E-state index contributed by atoms with van der Waals surface area (Å²) >= 11 is 0. The van der Waals surface area contributed by atoms with Crippen LogP contribution in [0.5, 0.6) is 5.75 Å². The van der Waals surface area contributed by atoms with E-state index in [9.17, 15) is 0 Å². The maximum Gasteiger partial charge on any atom is 0.230 e. The van der Waals surface area contributed by atoms with Crippen molar-refractivity contribution < 1.29 is 9.26 Å². The molecular formula is C13H13N5O2. The Kier molecular flexibility index (Phi) is 3.08. The summed E-state index contributed by atoms with van der Waals surface area (Å²) < 4.78 is 10.5. The molecule has 3 aromatic rings. The topological polar surface area (TPSA) is 103 Å². The van der Waals surface area contributed by atoms with Crippen LogP contribution in [-0.4, -0.2) is 27.2 Å². The summed E-state index contributed by atoms with van der Waals surface area (Å²) in [5.41, 5.74) is 8.57. The van der Waals surface area contributed by atoms with Crippen molar-refractivity contribution in [3.05, 3.63) is 30.5 Å². The molecule has 0 fully saturated rings. The molecule has 0 aliphatic heterocycles. The maximum atomic E-state index is 5.86. The quantitative estimate of drug-likeness (QED) is 0.753. The number of H-pyrrole nitrogens is 1. The third kappa shape index (κ3) is 2.09. The third-order valence-electron chi connectivity index (χ3n) is 2.83. The minimum Gasteiger partial charge on any atom is -0.494 e. The molecule has 2 heterocycles. The van der Waals surface area contributed by atoms with Gasteiger partial charge in [0.2, 0.25) is 5.88 Å². The number of hydrogen-bond donors (Lipinski definition) is 2. The Bertz CT molecular complexity index is 688. The van der Waals surface area contributed by atoms with Crippen molar-refractivity contribution >= 4 is 5.88 Å². The summed E-state index contributed by atoms with van der Waals surface area (Å²) in [7, 11) is 0. The molecule has 20 heavy (non-hydrogen) atoms. The fourth-order valence-electron chi connectivity index (χ4n) is 1.96. The van der Waals surface area contributed by atoms with Gasteiger partial charge in [-0.05, 0) is 24.6 Å². The van der Waals surface area contributed by atoms with Gasteiger partial charge >= 0.3 is 0 Å². The lowest BCUT2D eigenvalue weighted by atomic mass is 10.0. The van der Waals surface area contributed by atoms with Crippen LogP contribution in [0, 0.1) is 0 Å². The minimum absolute atomic E-state index is 0.243. The lowest BCUT2D eigenvalue weighted by Crippen LogP contribution is -1.92. The van der Waals surface area contributed by atoms with Crippen molar-refractivity contribution in [3.63, 3.8) is 0 Å². The van der Waals surface area contributed by atoms with Crippen molar-refractivity contribution in [1.82, 2.24) is 20.6 Å². The zero-order chi connectivity index (χ0) is 13.9. The molecule has 3 N–H and O–H groups in total. The molecule has 0 radical (unpaired) electrons. The number of aromatic nitrogens is 4. The zero-order valence-corrected chi connectivity index (χ0v) is 10.8. The number of ether oxygens (including phenoxy) is 1. The SMILES string of the molecule is CCOc1ccc(-c2c(-c3cn[nH]n3)noc2N)cc1. The lowest BCUT2D eigenvalue weighted by molar-refractivity contribution is 0.340. The summed E-state index contributed by atoms with van der Waals surface area (Å²) in [5.74, 6) is 1.04. The van der Waals surface area contributed by atoms with Crippen LogP contribution in [0.4, 0.5) is 5.88 Å². The summed E-state index contributed by atoms with van der Waals surface area (Å²) in [6.07, 6.45) is 1.56. The van der Waals surface area contributed by atoms with Crippen molar-refractivity contribution in [2.45, 2.75) is 6.92 Å². The lowest BCUT2D eigenvalue weighted by Gasteiger charge is -2.04. The number of nitrogen functional groups attached to an aromatic ring is 1. The first-order chi connectivity index (χ1) is 9.79. The van der Waals surface area contributed by atoms with Crippen LogP contribution in [0.3, 0.4) is 0 Å². The van der Waals surface area contributed by atoms with Gasteiger partial charge in [0.1, 0.15) is 17.1 Å². The van der Waals surface area contributed by atoms with Gasteiger partial charge in [0.05, 0.1) is 18.4 Å². The molecule has 0 aliphatic carbocycles. The number of rotatable bonds is 4. The van der Waals surface area contributed by atoms with Crippen LogP contribution in [0.15, 0.2) is 35.0 Å². The van der Waals surface area contributed by atoms with E-state index in [1.807, 2.05) is 31.2 Å². The molecule has 0 saturated heterocycles. The van der Waals surface area contributed by atoms with E-state index in [1.54, 1.807) is 6.20 Å². The number of anilines is 1. The molecule has 0 atom stereocenters. The van der Waals surface area contributed by atoms with Gasteiger partial charge in [0.25, 0.3) is 0 Å². The second-order valence-electron chi connectivity index (χ2n) is 4.08. The monoisotopic (exact) mass is 271 g/mol. The molecule has 2 aromatic heterocycles. The first-order valence-corrected chi connectivity index (χ1v) is 6.14. The van der Waals surface area contributed by atoms with Crippen LogP contribution in [0.2, 0.25) is 0 Å². The molecule has 0 amide bonds. The van der Waals surface area contributed by atoms with E-state index in [0.717, 1.165) is 11.3 Å². The molecular weight excluding hydrogens is 258 g/mol. The van der Waals surface area contributed by atoms with E-state index in [0.29, 0.717) is 23.6 Å². The van der Waals surface area contributed by atoms with Crippen LogP contribution in [-0.2, 0) is 0 Å². The Morgan fingerprint density at radius 2 is 2.10 bits per heavy atom. The first kappa shape index (κ1) is 12.2. The normalized spacial score (nSPS) is 10.7. The number of nitrogens with zero attached hydrogens (tertiary/aromatic N) is 3. The van der Waals surface area contributed by atoms with E-state index >= 15 is 0 Å². The number of hydrogen-bond acceptors (Lipinski definition) is 6. The molecule has 1 aromatic carbocycles. The van der Waals surface area contributed by atoms with Gasteiger partial charge in [-0.1, -0.05) is 17.3 Å². The summed E-state index contributed by atoms with van der Waals surface area (Å²) in [4.78, 5) is 0. The van der Waals surface area contributed by atoms with Gasteiger partial charge in [-0.15, -0.1) is 0 Å². The summed E-state index contributed by atoms with van der Waals surface area (Å²) in [6.45, 7) is 2.56. The molecule has 3 rings (SSSR count). The van der Waals surface area contributed by atoms with Gasteiger partial charge in [-0.2, -0.15) is 15.4 Å². The molecule has 7 nitrogen and oxygen atoms in total. The highest BCUT2D eigenvalue weighted by Gasteiger charge is 2.19. The highest BCUT2D eigenvalue weighted by atomic mass is 16.5. The van der Waals surface area contributed by atoms with E-state index < -0.39 is 0 Å². The molecule has 7 heteroatoms. The molecule has 0 unspecified atom stereocenters. The summed E-state index contributed by atoms with van der Waals surface area (Å²) in [5, 5.41) is 14.2. The number of aromatic amines is 1. The largest absolute Gasteiger partial charge is 0.494 e. The van der Waals surface area contributed by atoms with E-state index in [-0.39, 0.29) is 5.88 Å². The van der Waals surface area contributed by atoms with E-state index in [4.69, 9.17) is 15.0 Å². The van der Waals surface area contributed by atoms with E-state index in [2.05, 4.69) is 20.6 Å². The maximum absolute atomic E-state index is 5.86. The van der Waals surface area contributed by atoms with Gasteiger partial charge in [-0.3, -0.25) is 0 Å². The highest BCUT2D eigenvalue weighted by molar-refractivity contribution is 5.85. The molecule has 0 spiro atoms. The number of benzene rings is 1. The Hall–Kier alpha value is -2.83. The van der Waals surface area contributed by atoms with Gasteiger partial charge < -0.3 is 15.0 Å². The van der Waals surface area contributed by atoms with Crippen molar-refractivity contribution in [2.75, 3.05) is 12.3 Å². The first-order valence-electron chi connectivity index (χ1n) is 6.14. The minimum atomic E-state index is 0.243. The Morgan fingerprint density at radius 3 is 2.75 bits per heavy atom. The third-order valence-corrected chi connectivity index (χ3v) is 2.83. The fraction of sp³-hybridized carbons (Fsp3) is 0.154. The molecule has 0 bridgehead atoms. The van der Waals surface area contributed by atoms with E-state index in [1.165, 1.54) is 0 Å². The van der Waals surface area contributed by atoms with Crippen LogP contribution in [0.25, 0.3) is 22.5 Å². The van der Waals surface area contributed by atoms with Crippen LogP contribution in [0.1, 0.15) is 6.92 Å². The van der Waals surface area contributed by atoms with Crippen molar-refractivity contribution in [1.29, 1.82) is 0 Å². The Balaban J connectivity index is 2.03. The van der Waals surface area contributed by atoms with Crippen molar-refractivity contribution in [2.24, 2.45) is 0 Å². The fourth-order valence-corrected chi connectivity index (χ4v) is 1.96. The molecule has 0 aliphatic rings. The smallest absolute Gasteiger partial charge is 0.230 e. The van der Waals surface area contributed by atoms with Gasteiger partial charge in [0.15, 0.2) is 0 Å². The number of nitrogens with one attached hydrogen (secondary N) is 1. The Labute approximate surface area is 114 Å². The van der Waals surface area contributed by atoms with Crippen LogP contribution >= 0.6 is 0 Å². The average molecular weight is 271 g/mol. The van der Waals surface area contributed by atoms with Crippen molar-refractivity contribution in [3.8, 4) is 28.3 Å². The average Bonchev–Trinajstić information content (AvgIpc) is 3.09. The molecule has 102 valence electrons. The predicted molar refractivity (Wildman–Crippen MR) is 72.9 cm³/mol. The predicted octanol–water partition coefficient (Wildman–Crippen LogP) is 2.11. The molecule has 0 saturated carbocycles. The standard InChI is InChI=1S/C13H13N5O2/c1-2-19-9-5-3-8(4-6-9)11-12(17-20-13(11)14)10-7-15-18-16-10/h3-7H,2,14H2,1H3,(H,15,16,18). The zero-order valence-electron chi connectivity index (χ0n) is 10.8. The Morgan fingerprint density at radius 1 is 1.30 bits per heavy atom.